The van der Waals surface area contributed by atoms with E-state index in [0.29, 0.717) is 6.42 Å². The van der Waals surface area contributed by atoms with Crippen molar-refractivity contribution in [2.24, 2.45) is 0 Å². The molecule has 0 aromatic heterocycles. The van der Waals surface area contributed by atoms with Crippen LogP contribution in [0.25, 0.3) is 0 Å². The molecule has 1 heterocycles. The van der Waals surface area contributed by atoms with Crippen LogP contribution in [0.5, 0.6) is 0 Å². The predicted octanol–water partition coefficient (Wildman–Crippen LogP) is 13.7. The number of hydrogen-bond acceptors (Lipinski definition) is 9. The van der Waals surface area contributed by atoms with Gasteiger partial charge < -0.3 is 28.6 Å². The third-order valence-electron chi connectivity index (χ3n) is 10.3. The standard InChI is InChI=1S/C49H85NO8/c1-3-5-7-9-11-13-15-17-19-21-23-25-27-29-31-35-42-54-48(52)56-44-46(58-47(51)38-37-41-50-39-33-34-40-50)45-57-49(53)55-43-36-32-30-28-26-24-22-20-18-16-14-12-10-8-6-4-2/h11-14,17-20,46H,3-10,15-16,21-45H2,1-2H3. The Bertz CT molecular complexity index is 1010. The van der Waals surface area contributed by atoms with E-state index in [-0.39, 0.29) is 32.8 Å². The van der Waals surface area contributed by atoms with Gasteiger partial charge in [0.1, 0.15) is 13.2 Å². The highest BCUT2D eigenvalue weighted by Gasteiger charge is 2.21. The number of carbonyl (C=O) groups is 3. The molecule has 9 nitrogen and oxygen atoms in total. The molecule has 0 unspecified atom stereocenters. The van der Waals surface area contributed by atoms with Gasteiger partial charge in [0.05, 0.1) is 13.2 Å². The number of likely N-dealkylation sites (tertiary alicyclic amines) is 1. The fraction of sp³-hybridized carbons (Fsp3) is 0.776. The third kappa shape index (κ3) is 37.2. The summed E-state index contributed by atoms with van der Waals surface area (Å²) in [7, 11) is 0. The van der Waals surface area contributed by atoms with E-state index < -0.39 is 24.4 Å². The molecule has 0 aromatic carbocycles. The molecule has 1 fully saturated rings. The van der Waals surface area contributed by atoms with E-state index in [0.717, 1.165) is 83.8 Å². The van der Waals surface area contributed by atoms with Gasteiger partial charge in [0.25, 0.3) is 0 Å². The van der Waals surface area contributed by atoms with Crippen LogP contribution >= 0.6 is 0 Å². The maximum absolute atomic E-state index is 12.6. The van der Waals surface area contributed by atoms with Crippen molar-refractivity contribution < 1.29 is 38.1 Å². The summed E-state index contributed by atoms with van der Waals surface area (Å²) in [4.78, 5) is 39.5. The molecule has 0 spiro atoms. The third-order valence-corrected chi connectivity index (χ3v) is 10.3. The quantitative estimate of drug-likeness (QED) is 0.0260. The van der Waals surface area contributed by atoms with Crippen molar-refractivity contribution in [3.8, 4) is 0 Å². The molecule has 0 N–H and O–H groups in total. The average Bonchev–Trinajstić information content (AvgIpc) is 3.75. The van der Waals surface area contributed by atoms with Crippen molar-refractivity contribution in [3.05, 3.63) is 48.6 Å². The normalized spacial score (nSPS) is 14.0. The molecule has 0 bridgehead atoms. The van der Waals surface area contributed by atoms with Gasteiger partial charge in [-0.2, -0.15) is 0 Å². The van der Waals surface area contributed by atoms with Crippen LogP contribution in [0.4, 0.5) is 9.59 Å². The molecule has 1 saturated heterocycles. The summed E-state index contributed by atoms with van der Waals surface area (Å²) in [6.07, 6.45) is 46.2. The van der Waals surface area contributed by atoms with Crippen molar-refractivity contribution in [1.29, 1.82) is 0 Å². The van der Waals surface area contributed by atoms with Gasteiger partial charge in [-0.15, -0.1) is 0 Å². The van der Waals surface area contributed by atoms with Gasteiger partial charge in [-0.3, -0.25) is 4.79 Å². The summed E-state index contributed by atoms with van der Waals surface area (Å²) >= 11 is 0. The summed E-state index contributed by atoms with van der Waals surface area (Å²) in [5.41, 5.74) is 0. The fourth-order valence-corrected chi connectivity index (χ4v) is 6.71. The van der Waals surface area contributed by atoms with Gasteiger partial charge in [0.2, 0.25) is 0 Å². The fourth-order valence-electron chi connectivity index (χ4n) is 6.71. The Morgan fingerprint density at radius 1 is 0.483 bits per heavy atom. The SMILES string of the molecule is CCCCCC=CCC=CCCCCCCCCOC(=O)OCC(COC(=O)OCCCCCCCCC=CCC=CCCCCC)OC(=O)CCCN1CCCC1. The number of unbranched alkanes of at least 4 members (excludes halogenated alkanes) is 18. The van der Waals surface area contributed by atoms with Gasteiger partial charge in [-0.05, 0) is 116 Å². The number of nitrogens with zero attached hydrogens (tertiary/aromatic N) is 1. The largest absolute Gasteiger partial charge is 0.508 e. The predicted molar refractivity (Wildman–Crippen MR) is 238 cm³/mol. The minimum atomic E-state index is -0.942. The van der Waals surface area contributed by atoms with Crippen LogP contribution in [0.1, 0.15) is 194 Å². The zero-order chi connectivity index (χ0) is 41.8. The Morgan fingerprint density at radius 3 is 1.31 bits per heavy atom. The molecule has 0 atom stereocenters. The van der Waals surface area contributed by atoms with Gasteiger partial charge in [-0.1, -0.05) is 140 Å². The minimum absolute atomic E-state index is 0.239. The first kappa shape index (κ1) is 52.9. The Morgan fingerprint density at radius 2 is 0.879 bits per heavy atom. The second-order valence-corrected chi connectivity index (χ2v) is 15.8. The minimum Gasteiger partial charge on any atom is -0.455 e. The van der Waals surface area contributed by atoms with Gasteiger partial charge >= 0.3 is 18.3 Å². The molecule has 58 heavy (non-hydrogen) atoms. The second-order valence-electron chi connectivity index (χ2n) is 15.8. The Labute approximate surface area is 354 Å². The summed E-state index contributed by atoms with van der Waals surface area (Å²) in [6, 6.07) is 0. The summed E-state index contributed by atoms with van der Waals surface area (Å²) in [5, 5.41) is 0. The lowest BCUT2D eigenvalue weighted by Gasteiger charge is -2.18. The van der Waals surface area contributed by atoms with Crippen molar-refractivity contribution in [2.75, 3.05) is 46.1 Å². The molecule has 1 aliphatic heterocycles. The van der Waals surface area contributed by atoms with Crippen LogP contribution in [0.2, 0.25) is 0 Å². The van der Waals surface area contributed by atoms with Crippen LogP contribution in [0, 0.1) is 0 Å². The number of allylic oxidation sites excluding steroid dienone is 8. The maximum atomic E-state index is 12.6. The summed E-state index contributed by atoms with van der Waals surface area (Å²) < 4.78 is 26.6. The first-order valence-electron chi connectivity index (χ1n) is 23.7. The van der Waals surface area contributed by atoms with Crippen LogP contribution in [0.3, 0.4) is 0 Å². The highest BCUT2D eigenvalue weighted by atomic mass is 16.7. The van der Waals surface area contributed by atoms with Gasteiger partial charge in [0.15, 0.2) is 6.10 Å². The molecular formula is C49H85NO8. The van der Waals surface area contributed by atoms with E-state index in [9.17, 15) is 14.4 Å². The monoisotopic (exact) mass is 816 g/mol. The van der Waals surface area contributed by atoms with Crippen LogP contribution in [-0.2, 0) is 28.5 Å². The molecule has 0 aromatic rings. The van der Waals surface area contributed by atoms with E-state index in [1.807, 2.05) is 0 Å². The molecule has 1 aliphatic rings. The zero-order valence-corrected chi connectivity index (χ0v) is 37.2. The lowest BCUT2D eigenvalue weighted by Crippen LogP contribution is -2.31. The lowest BCUT2D eigenvalue weighted by molar-refractivity contribution is -0.154. The zero-order valence-electron chi connectivity index (χ0n) is 37.2. The molecule has 0 amide bonds. The number of hydrogen-bond donors (Lipinski definition) is 0. The van der Waals surface area contributed by atoms with E-state index in [1.54, 1.807) is 0 Å². The highest BCUT2D eigenvalue weighted by Crippen LogP contribution is 2.12. The molecule has 9 heteroatoms. The maximum Gasteiger partial charge on any atom is 0.508 e. The number of rotatable bonds is 39. The second kappa shape index (κ2) is 42.1. The van der Waals surface area contributed by atoms with E-state index in [1.165, 1.54) is 103 Å². The molecule has 334 valence electrons. The van der Waals surface area contributed by atoms with E-state index in [4.69, 9.17) is 23.7 Å². The Balaban J connectivity index is 2.19. The number of ether oxygens (including phenoxy) is 5. The average molecular weight is 816 g/mol. The van der Waals surface area contributed by atoms with Crippen molar-refractivity contribution >= 4 is 18.3 Å². The van der Waals surface area contributed by atoms with Gasteiger partial charge in [0, 0.05) is 6.42 Å². The van der Waals surface area contributed by atoms with Crippen molar-refractivity contribution in [1.82, 2.24) is 4.90 Å². The highest BCUT2D eigenvalue weighted by molar-refractivity contribution is 5.69. The van der Waals surface area contributed by atoms with Crippen LogP contribution < -0.4 is 0 Å². The van der Waals surface area contributed by atoms with E-state index in [2.05, 4.69) is 67.4 Å². The van der Waals surface area contributed by atoms with Gasteiger partial charge in [-0.25, -0.2) is 9.59 Å². The van der Waals surface area contributed by atoms with Crippen LogP contribution in [0.15, 0.2) is 48.6 Å². The molecule has 0 radical (unpaired) electrons. The topological polar surface area (TPSA) is 101 Å². The number of esters is 1. The Kier molecular flexibility index (Phi) is 38.4. The first-order valence-corrected chi connectivity index (χ1v) is 23.7. The molecule has 0 saturated carbocycles. The van der Waals surface area contributed by atoms with Crippen LogP contribution in [-0.4, -0.2) is 75.3 Å². The van der Waals surface area contributed by atoms with E-state index >= 15 is 0 Å². The molecular weight excluding hydrogens is 731 g/mol. The smallest absolute Gasteiger partial charge is 0.455 e. The Hall–Kier alpha value is -3.07. The molecule has 1 rings (SSSR count). The summed E-state index contributed by atoms with van der Waals surface area (Å²) in [6.45, 7) is 7.45. The van der Waals surface area contributed by atoms with Crippen molar-refractivity contribution in [3.63, 3.8) is 0 Å². The summed E-state index contributed by atoms with van der Waals surface area (Å²) in [5.74, 6) is -0.416. The van der Waals surface area contributed by atoms with Crippen molar-refractivity contribution in [2.45, 2.75) is 200 Å². The first-order chi connectivity index (χ1) is 28.5. The number of carbonyl (C=O) groups excluding carboxylic acids is 3. The lowest BCUT2D eigenvalue weighted by atomic mass is 10.1. The molecule has 0 aliphatic carbocycles.